The van der Waals surface area contributed by atoms with Gasteiger partial charge in [0.2, 0.25) is 0 Å². The minimum Gasteiger partial charge on any atom is -0.465 e. The molecule has 1 spiro atoms. The van der Waals surface area contributed by atoms with E-state index < -0.39 is 11.7 Å². The third-order valence-electron chi connectivity index (χ3n) is 4.02. The number of amides is 1. The van der Waals surface area contributed by atoms with Crippen LogP contribution in [0.3, 0.4) is 0 Å². The second-order valence-corrected chi connectivity index (χ2v) is 6.81. The minimum absolute atomic E-state index is 0.0227. The monoisotopic (exact) mass is 227 g/mol. The molecule has 0 aromatic heterocycles. The van der Waals surface area contributed by atoms with Crippen molar-refractivity contribution in [3.05, 3.63) is 0 Å². The summed E-state index contributed by atoms with van der Waals surface area (Å²) in [7, 11) is 0. The zero-order chi connectivity index (χ0) is 12.4. The van der Waals surface area contributed by atoms with Crippen molar-refractivity contribution in [1.29, 1.82) is 0 Å². The molecule has 1 amide bonds. The van der Waals surface area contributed by atoms with Crippen molar-refractivity contribution < 1.29 is 15.0 Å². The first-order valence-electron chi connectivity index (χ1n) is 5.82. The van der Waals surface area contributed by atoms with Crippen molar-refractivity contribution in [2.45, 2.75) is 64.1 Å². The molecular weight excluding hydrogens is 206 g/mol. The van der Waals surface area contributed by atoms with Gasteiger partial charge in [-0.15, -0.1) is 0 Å². The first kappa shape index (κ1) is 11.7. The maximum Gasteiger partial charge on any atom is 0.408 e. The fraction of sp³-hybridized carbons (Fsp3) is 0.917. The van der Waals surface area contributed by atoms with Gasteiger partial charge >= 0.3 is 6.09 Å². The molecule has 16 heavy (non-hydrogen) atoms. The Hall–Kier alpha value is -0.770. The second kappa shape index (κ2) is 2.92. The number of nitrogens with zero attached hydrogens (tertiary/aromatic N) is 1. The van der Waals surface area contributed by atoms with Crippen LogP contribution in [-0.2, 0) is 0 Å². The Morgan fingerprint density at radius 1 is 1.38 bits per heavy atom. The maximum atomic E-state index is 11.3. The molecule has 2 aliphatic rings. The van der Waals surface area contributed by atoms with E-state index in [0.717, 1.165) is 6.42 Å². The van der Waals surface area contributed by atoms with Crippen LogP contribution in [0.5, 0.6) is 0 Å². The van der Waals surface area contributed by atoms with Gasteiger partial charge in [0, 0.05) is 6.04 Å². The fourth-order valence-corrected chi connectivity index (χ4v) is 3.48. The van der Waals surface area contributed by atoms with Crippen LogP contribution in [-0.4, -0.2) is 38.4 Å². The lowest BCUT2D eigenvalue weighted by molar-refractivity contribution is -0.210. The smallest absolute Gasteiger partial charge is 0.408 e. The molecule has 0 aromatic rings. The van der Waals surface area contributed by atoms with Crippen LogP contribution in [0.1, 0.15) is 47.0 Å². The zero-order valence-corrected chi connectivity index (χ0v) is 10.4. The quantitative estimate of drug-likeness (QED) is 0.666. The Bertz CT molecular complexity index is 322. The molecule has 0 radical (unpaired) electrons. The summed E-state index contributed by atoms with van der Waals surface area (Å²) in [6.07, 6.45) is 1.21. The Balaban J connectivity index is 2.14. The van der Waals surface area contributed by atoms with Gasteiger partial charge in [0.05, 0.1) is 11.1 Å². The lowest BCUT2D eigenvalue weighted by Gasteiger charge is -2.68. The molecule has 2 rings (SSSR count). The average molecular weight is 227 g/mol. The first-order valence-corrected chi connectivity index (χ1v) is 5.82. The molecule has 92 valence electrons. The lowest BCUT2D eigenvalue weighted by atomic mass is 9.54. The number of hydrogen-bond donors (Lipinski definition) is 2. The number of carboxylic acid groups (broad SMARTS) is 1. The minimum atomic E-state index is -0.846. The summed E-state index contributed by atoms with van der Waals surface area (Å²) < 4.78 is 0. The molecule has 1 saturated carbocycles. The highest BCUT2D eigenvalue weighted by Gasteiger charge is 2.66. The van der Waals surface area contributed by atoms with E-state index in [4.69, 9.17) is 0 Å². The van der Waals surface area contributed by atoms with Crippen LogP contribution in [0.2, 0.25) is 0 Å². The molecule has 0 aromatic carbocycles. The summed E-state index contributed by atoms with van der Waals surface area (Å²) in [5, 5.41) is 19.1. The predicted molar refractivity (Wildman–Crippen MR) is 60.3 cm³/mol. The molecule has 2 N–H and O–H groups in total. The van der Waals surface area contributed by atoms with E-state index in [9.17, 15) is 15.0 Å². The standard InChI is InChI=1S/C12H21NO3/c1-10(2,3)8-5-12(13(8)9(14)15)6-11(4,16)7-12/h8,16H,5-7H2,1-4H3,(H,14,15). The maximum absolute atomic E-state index is 11.3. The van der Waals surface area contributed by atoms with Crippen LogP contribution < -0.4 is 0 Å². The van der Waals surface area contributed by atoms with Crippen molar-refractivity contribution in [3.63, 3.8) is 0 Å². The van der Waals surface area contributed by atoms with Crippen molar-refractivity contribution >= 4 is 6.09 Å². The lowest BCUT2D eigenvalue weighted by Crippen LogP contribution is -2.78. The molecule has 4 nitrogen and oxygen atoms in total. The Morgan fingerprint density at radius 3 is 2.19 bits per heavy atom. The van der Waals surface area contributed by atoms with E-state index in [1.807, 2.05) is 0 Å². The van der Waals surface area contributed by atoms with Gasteiger partial charge in [-0.25, -0.2) is 4.79 Å². The number of hydrogen-bond acceptors (Lipinski definition) is 2. The van der Waals surface area contributed by atoms with E-state index in [1.54, 1.807) is 11.8 Å². The molecule has 2 fully saturated rings. The summed E-state index contributed by atoms with van der Waals surface area (Å²) in [6.45, 7) is 7.98. The summed E-state index contributed by atoms with van der Waals surface area (Å²) in [6, 6.07) is 0.0844. The average Bonchev–Trinajstić information content (AvgIpc) is 1.91. The largest absolute Gasteiger partial charge is 0.465 e. The number of likely N-dealkylation sites (tertiary alicyclic amines) is 1. The highest BCUT2D eigenvalue weighted by atomic mass is 16.4. The Labute approximate surface area is 96.3 Å². The summed E-state index contributed by atoms with van der Waals surface area (Å²) in [5.41, 5.74) is -0.963. The Morgan fingerprint density at radius 2 is 1.88 bits per heavy atom. The zero-order valence-electron chi connectivity index (χ0n) is 10.4. The predicted octanol–water partition coefficient (Wildman–Crippen LogP) is 2.07. The molecule has 1 aliphatic heterocycles. The molecule has 1 heterocycles. The summed E-state index contributed by atoms with van der Waals surface area (Å²) in [5.74, 6) is 0. The SMILES string of the molecule is CC1(O)CC2(CC(C(C)(C)C)N2C(=O)O)C1. The topological polar surface area (TPSA) is 60.8 Å². The van der Waals surface area contributed by atoms with Gasteiger partial charge in [-0.1, -0.05) is 20.8 Å². The van der Waals surface area contributed by atoms with Gasteiger partial charge in [-0.05, 0) is 31.6 Å². The third-order valence-corrected chi connectivity index (χ3v) is 4.02. The van der Waals surface area contributed by atoms with Gasteiger partial charge in [-0.3, -0.25) is 4.90 Å². The first-order chi connectivity index (χ1) is 7.07. The molecule has 4 heteroatoms. The number of rotatable bonds is 0. The molecule has 0 bridgehead atoms. The normalized spacial score (nSPS) is 42.8. The van der Waals surface area contributed by atoms with Gasteiger partial charge in [0.15, 0.2) is 0 Å². The van der Waals surface area contributed by atoms with Gasteiger partial charge in [-0.2, -0.15) is 0 Å². The Kier molecular flexibility index (Phi) is 2.13. The van der Waals surface area contributed by atoms with Gasteiger partial charge < -0.3 is 10.2 Å². The van der Waals surface area contributed by atoms with Crippen LogP contribution in [0.4, 0.5) is 4.79 Å². The van der Waals surface area contributed by atoms with Crippen LogP contribution in [0.15, 0.2) is 0 Å². The van der Waals surface area contributed by atoms with E-state index in [2.05, 4.69) is 20.8 Å². The van der Waals surface area contributed by atoms with Crippen LogP contribution in [0, 0.1) is 5.41 Å². The van der Waals surface area contributed by atoms with Gasteiger partial charge in [0.25, 0.3) is 0 Å². The van der Waals surface area contributed by atoms with Crippen LogP contribution in [0.25, 0.3) is 0 Å². The molecular formula is C12H21NO3. The van der Waals surface area contributed by atoms with Gasteiger partial charge in [0.1, 0.15) is 0 Å². The van der Waals surface area contributed by atoms with Crippen molar-refractivity contribution in [1.82, 2.24) is 4.90 Å². The van der Waals surface area contributed by atoms with Crippen molar-refractivity contribution in [3.8, 4) is 0 Å². The molecule has 1 unspecified atom stereocenters. The number of carbonyl (C=O) groups is 1. The van der Waals surface area contributed by atoms with E-state index >= 15 is 0 Å². The second-order valence-electron chi connectivity index (χ2n) is 6.81. The highest BCUT2D eigenvalue weighted by Crippen LogP contribution is 2.58. The molecule has 1 atom stereocenters. The third kappa shape index (κ3) is 1.51. The van der Waals surface area contributed by atoms with Crippen molar-refractivity contribution in [2.75, 3.05) is 0 Å². The number of aliphatic hydroxyl groups is 1. The van der Waals surface area contributed by atoms with E-state index in [-0.39, 0.29) is 17.0 Å². The van der Waals surface area contributed by atoms with E-state index in [1.165, 1.54) is 0 Å². The summed E-state index contributed by atoms with van der Waals surface area (Å²) in [4.78, 5) is 12.9. The van der Waals surface area contributed by atoms with E-state index in [0.29, 0.717) is 12.8 Å². The molecule has 1 aliphatic carbocycles. The highest BCUT2D eigenvalue weighted by molar-refractivity contribution is 5.69. The van der Waals surface area contributed by atoms with Crippen LogP contribution >= 0.6 is 0 Å². The molecule has 1 saturated heterocycles. The summed E-state index contributed by atoms with van der Waals surface area (Å²) >= 11 is 0. The fourth-order valence-electron chi connectivity index (χ4n) is 3.48. The van der Waals surface area contributed by atoms with Crippen molar-refractivity contribution in [2.24, 2.45) is 5.41 Å².